The van der Waals surface area contributed by atoms with E-state index in [2.05, 4.69) is 0 Å². The van der Waals surface area contributed by atoms with Crippen LogP contribution >= 0.6 is 0 Å². The summed E-state index contributed by atoms with van der Waals surface area (Å²) in [5, 5.41) is 0. The molecule has 2 rings (SSSR count). The van der Waals surface area contributed by atoms with Gasteiger partial charge in [0.05, 0.1) is 0 Å². The summed E-state index contributed by atoms with van der Waals surface area (Å²) in [6.07, 6.45) is 7.65. The van der Waals surface area contributed by atoms with Crippen LogP contribution < -0.4 is 4.74 Å². The fraction of sp³-hybridized carbons (Fsp3) is 0.0833. The van der Waals surface area contributed by atoms with Gasteiger partial charge in [0.2, 0.25) is 0 Å². The number of para-hydroxylation sites is 1. The Bertz CT molecular complexity index is 383. The van der Waals surface area contributed by atoms with Gasteiger partial charge in [0, 0.05) is 12.4 Å². The molecule has 0 aromatic heterocycles. The van der Waals surface area contributed by atoms with Crippen LogP contribution in [0, 0.1) is 0 Å². The molecule has 0 N–H and O–H groups in total. The first kappa shape index (κ1) is 9.52. The number of rotatable bonds is 1. The molecule has 15 heavy (non-hydrogen) atoms. The lowest BCUT2D eigenvalue weighted by Crippen LogP contribution is -2.24. The Balaban J connectivity index is 2.01. The Morgan fingerprint density at radius 2 is 1.80 bits per heavy atom. The van der Waals surface area contributed by atoms with Gasteiger partial charge in [0.15, 0.2) is 0 Å². The minimum atomic E-state index is -0.395. The van der Waals surface area contributed by atoms with Gasteiger partial charge in [0.25, 0.3) is 0 Å². The van der Waals surface area contributed by atoms with Crippen LogP contribution in [-0.2, 0) is 0 Å². The molecule has 0 atom stereocenters. The third-order valence-corrected chi connectivity index (χ3v) is 1.96. The third kappa shape index (κ3) is 2.47. The third-order valence-electron chi connectivity index (χ3n) is 1.96. The Hall–Kier alpha value is -2.03. The summed E-state index contributed by atoms with van der Waals surface area (Å²) in [6.45, 7) is 0. The van der Waals surface area contributed by atoms with Gasteiger partial charge in [-0.25, -0.2) is 4.79 Å². The number of allylic oxidation sites excluding steroid dienone is 2. The van der Waals surface area contributed by atoms with Crippen molar-refractivity contribution in [3.05, 3.63) is 54.9 Å². The lowest BCUT2D eigenvalue weighted by Gasteiger charge is -2.15. The molecule has 1 amide bonds. The second-order valence-electron chi connectivity index (χ2n) is 3.09. The fourth-order valence-corrected chi connectivity index (χ4v) is 1.24. The van der Waals surface area contributed by atoms with Crippen LogP contribution in [0.1, 0.15) is 6.42 Å². The summed E-state index contributed by atoms with van der Waals surface area (Å²) in [7, 11) is 0. The zero-order valence-electron chi connectivity index (χ0n) is 8.17. The molecule has 0 saturated carbocycles. The van der Waals surface area contributed by atoms with Crippen LogP contribution in [0.4, 0.5) is 4.79 Å². The van der Waals surface area contributed by atoms with E-state index in [0.29, 0.717) is 5.75 Å². The molecule has 3 heteroatoms. The number of carbonyl (C=O) groups is 1. The van der Waals surface area contributed by atoms with E-state index in [-0.39, 0.29) is 0 Å². The zero-order valence-corrected chi connectivity index (χ0v) is 8.17. The fourth-order valence-electron chi connectivity index (χ4n) is 1.24. The van der Waals surface area contributed by atoms with Gasteiger partial charge >= 0.3 is 6.09 Å². The average Bonchev–Trinajstić information content (AvgIpc) is 2.31. The maximum Gasteiger partial charge on any atom is 0.423 e. The molecule has 1 aliphatic rings. The molecular weight excluding hydrogens is 190 g/mol. The van der Waals surface area contributed by atoms with Gasteiger partial charge in [-0.05, 0) is 18.6 Å². The molecule has 0 aliphatic carbocycles. The number of amides is 1. The monoisotopic (exact) mass is 201 g/mol. The van der Waals surface area contributed by atoms with Crippen LogP contribution in [0.25, 0.3) is 0 Å². The van der Waals surface area contributed by atoms with Gasteiger partial charge in [-0.3, -0.25) is 4.90 Å². The minimum absolute atomic E-state index is 0.395. The highest BCUT2D eigenvalue weighted by Gasteiger charge is 2.11. The topological polar surface area (TPSA) is 29.5 Å². The summed E-state index contributed by atoms with van der Waals surface area (Å²) >= 11 is 0. The van der Waals surface area contributed by atoms with Crippen molar-refractivity contribution in [1.82, 2.24) is 4.90 Å². The van der Waals surface area contributed by atoms with E-state index in [9.17, 15) is 4.79 Å². The van der Waals surface area contributed by atoms with Crippen molar-refractivity contribution in [1.29, 1.82) is 0 Å². The molecule has 0 saturated heterocycles. The number of nitrogens with zero attached hydrogens (tertiary/aromatic N) is 1. The lowest BCUT2D eigenvalue weighted by molar-refractivity contribution is 0.181. The van der Waals surface area contributed by atoms with Crippen molar-refractivity contribution in [2.24, 2.45) is 0 Å². The number of hydrogen-bond donors (Lipinski definition) is 0. The average molecular weight is 201 g/mol. The first-order valence-electron chi connectivity index (χ1n) is 4.75. The summed E-state index contributed by atoms with van der Waals surface area (Å²) in [5.74, 6) is 0.551. The van der Waals surface area contributed by atoms with E-state index >= 15 is 0 Å². The van der Waals surface area contributed by atoms with E-state index in [1.807, 2.05) is 30.4 Å². The van der Waals surface area contributed by atoms with Crippen molar-refractivity contribution in [3.8, 4) is 5.75 Å². The maximum absolute atomic E-state index is 11.6. The molecule has 0 fully saturated rings. The number of ether oxygens (including phenoxy) is 1. The van der Waals surface area contributed by atoms with Crippen LogP contribution in [0.2, 0.25) is 0 Å². The van der Waals surface area contributed by atoms with Gasteiger partial charge in [0.1, 0.15) is 5.75 Å². The summed E-state index contributed by atoms with van der Waals surface area (Å²) in [4.78, 5) is 13.0. The lowest BCUT2D eigenvalue weighted by atomic mass is 10.3. The molecule has 0 spiro atoms. The molecule has 76 valence electrons. The Morgan fingerprint density at radius 1 is 1.13 bits per heavy atom. The summed E-state index contributed by atoms with van der Waals surface area (Å²) in [5.41, 5.74) is 0. The molecule has 3 nitrogen and oxygen atoms in total. The molecule has 1 heterocycles. The second kappa shape index (κ2) is 4.46. The first-order chi connectivity index (χ1) is 7.36. The van der Waals surface area contributed by atoms with Crippen molar-refractivity contribution >= 4 is 6.09 Å². The Kier molecular flexibility index (Phi) is 2.83. The standard InChI is InChI=1S/C12H11NO2/c14-12(13-9-5-2-6-10-13)15-11-7-3-1-4-8-11/h1,3-10H,2H2. The van der Waals surface area contributed by atoms with Crippen molar-refractivity contribution in [3.63, 3.8) is 0 Å². The highest BCUT2D eigenvalue weighted by atomic mass is 16.6. The quantitative estimate of drug-likeness (QED) is 0.699. The second-order valence-corrected chi connectivity index (χ2v) is 3.09. The summed E-state index contributed by atoms with van der Waals surface area (Å²) < 4.78 is 5.14. The largest absolute Gasteiger partial charge is 0.423 e. The first-order valence-corrected chi connectivity index (χ1v) is 4.75. The van der Waals surface area contributed by atoms with E-state index in [4.69, 9.17) is 4.74 Å². The number of hydrogen-bond acceptors (Lipinski definition) is 2. The number of carbonyl (C=O) groups excluding carboxylic acids is 1. The Labute approximate surface area is 88.3 Å². The molecule has 1 aliphatic heterocycles. The van der Waals surface area contributed by atoms with Gasteiger partial charge in [-0.15, -0.1) is 0 Å². The SMILES string of the molecule is O=C(Oc1ccccc1)N1C=CCC=C1. The van der Waals surface area contributed by atoms with Gasteiger partial charge in [-0.1, -0.05) is 30.4 Å². The molecule has 0 radical (unpaired) electrons. The molecule has 0 bridgehead atoms. The van der Waals surface area contributed by atoms with Crippen molar-refractivity contribution in [2.45, 2.75) is 6.42 Å². The minimum Gasteiger partial charge on any atom is -0.410 e. The molecule has 1 aromatic carbocycles. The molecule has 0 unspecified atom stereocenters. The smallest absolute Gasteiger partial charge is 0.410 e. The van der Waals surface area contributed by atoms with E-state index in [0.717, 1.165) is 6.42 Å². The predicted molar refractivity (Wildman–Crippen MR) is 57.2 cm³/mol. The van der Waals surface area contributed by atoms with E-state index in [1.165, 1.54) is 4.90 Å². The Morgan fingerprint density at radius 3 is 2.47 bits per heavy atom. The highest BCUT2D eigenvalue weighted by molar-refractivity contribution is 5.73. The predicted octanol–water partition coefficient (Wildman–Crippen LogP) is 2.92. The van der Waals surface area contributed by atoms with E-state index in [1.54, 1.807) is 24.5 Å². The van der Waals surface area contributed by atoms with E-state index < -0.39 is 6.09 Å². The molecule has 1 aromatic rings. The highest BCUT2D eigenvalue weighted by Crippen LogP contribution is 2.12. The van der Waals surface area contributed by atoms with Crippen molar-refractivity contribution < 1.29 is 9.53 Å². The van der Waals surface area contributed by atoms with Crippen molar-refractivity contribution in [2.75, 3.05) is 0 Å². The number of benzene rings is 1. The zero-order chi connectivity index (χ0) is 10.5. The maximum atomic E-state index is 11.6. The van der Waals surface area contributed by atoms with Crippen LogP contribution in [0.3, 0.4) is 0 Å². The molecular formula is C12H11NO2. The van der Waals surface area contributed by atoms with Crippen LogP contribution in [0.15, 0.2) is 54.9 Å². The van der Waals surface area contributed by atoms with Gasteiger partial charge in [-0.2, -0.15) is 0 Å². The van der Waals surface area contributed by atoms with Gasteiger partial charge < -0.3 is 4.74 Å². The van der Waals surface area contributed by atoms with Crippen LogP contribution in [-0.4, -0.2) is 11.0 Å². The summed E-state index contributed by atoms with van der Waals surface area (Å²) in [6, 6.07) is 9.01. The van der Waals surface area contributed by atoms with Crippen LogP contribution in [0.5, 0.6) is 5.75 Å². The normalized spacial score (nSPS) is 14.0.